The number of benzene rings is 1. The SMILES string of the molecule is Cc1nc(-c2ccccc2)sc1C(=O)NNC(=O)c1cnn(-c2ccccn2)c1C(C)C. The van der Waals surface area contributed by atoms with E-state index in [1.54, 1.807) is 17.8 Å². The van der Waals surface area contributed by atoms with Gasteiger partial charge in [0.25, 0.3) is 11.8 Å². The van der Waals surface area contributed by atoms with Gasteiger partial charge in [-0.3, -0.25) is 20.4 Å². The largest absolute Gasteiger partial charge is 0.281 e. The number of carbonyl (C=O) groups is 2. The molecule has 0 saturated heterocycles. The minimum atomic E-state index is -0.449. The number of rotatable bonds is 5. The van der Waals surface area contributed by atoms with Crippen LogP contribution in [0.15, 0.2) is 60.9 Å². The number of hydrogen-bond acceptors (Lipinski definition) is 6. The maximum Gasteiger partial charge on any atom is 0.281 e. The molecule has 0 fully saturated rings. The lowest BCUT2D eigenvalue weighted by atomic mass is 10.1. The minimum Gasteiger partial charge on any atom is -0.267 e. The standard InChI is InChI=1S/C23H22N6O2S/c1-14(2)19-17(13-25-29(19)18-11-7-8-12-24-18)21(30)27-28-22(31)20-15(3)26-23(32-20)16-9-5-4-6-10-16/h4-14H,1-3H3,(H,27,30)(H,28,31). The quantitative estimate of drug-likeness (QED) is 0.453. The van der Waals surface area contributed by atoms with Crippen molar-refractivity contribution in [1.82, 2.24) is 30.6 Å². The Morgan fingerprint density at radius 2 is 1.72 bits per heavy atom. The Bertz CT molecular complexity index is 1250. The zero-order chi connectivity index (χ0) is 22.7. The van der Waals surface area contributed by atoms with E-state index < -0.39 is 11.8 Å². The molecule has 0 aliphatic heterocycles. The van der Waals surface area contributed by atoms with Crippen molar-refractivity contribution in [2.75, 3.05) is 0 Å². The van der Waals surface area contributed by atoms with Crippen LogP contribution in [0.25, 0.3) is 16.4 Å². The molecule has 2 amide bonds. The lowest BCUT2D eigenvalue weighted by Crippen LogP contribution is -2.41. The Morgan fingerprint density at radius 3 is 2.41 bits per heavy atom. The lowest BCUT2D eigenvalue weighted by Gasteiger charge is -2.12. The molecule has 162 valence electrons. The molecule has 0 atom stereocenters. The Morgan fingerprint density at radius 1 is 1.00 bits per heavy atom. The third-order valence-electron chi connectivity index (χ3n) is 4.78. The van der Waals surface area contributed by atoms with Gasteiger partial charge in [0.05, 0.1) is 23.1 Å². The van der Waals surface area contributed by atoms with Crippen LogP contribution in [0.3, 0.4) is 0 Å². The molecule has 0 bridgehead atoms. The van der Waals surface area contributed by atoms with Crippen molar-refractivity contribution in [2.24, 2.45) is 0 Å². The molecule has 9 heteroatoms. The van der Waals surface area contributed by atoms with Gasteiger partial charge in [-0.15, -0.1) is 11.3 Å². The van der Waals surface area contributed by atoms with Crippen LogP contribution in [0.5, 0.6) is 0 Å². The molecule has 4 aromatic rings. The highest BCUT2D eigenvalue weighted by molar-refractivity contribution is 7.17. The normalized spacial score (nSPS) is 10.9. The van der Waals surface area contributed by atoms with Crippen molar-refractivity contribution in [2.45, 2.75) is 26.7 Å². The summed E-state index contributed by atoms with van der Waals surface area (Å²) in [6, 6.07) is 15.1. The summed E-state index contributed by atoms with van der Waals surface area (Å²) < 4.78 is 1.64. The first kappa shape index (κ1) is 21.4. The summed E-state index contributed by atoms with van der Waals surface area (Å²) in [6.07, 6.45) is 3.15. The molecule has 32 heavy (non-hydrogen) atoms. The van der Waals surface area contributed by atoms with E-state index in [0.717, 1.165) is 10.6 Å². The van der Waals surface area contributed by atoms with Crippen molar-refractivity contribution < 1.29 is 9.59 Å². The summed E-state index contributed by atoms with van der Waals surface area (Å²) >= 11 is 1.28. The van der Waals surface area contributed by atoms with E-state index in [9.17, 15) is 9.59 Å². The molecule has 0 unspecified atom stereocenters. The van der Waals surface area contributed by atoms with E-state index in [4.69, 9.17) is 0 Å². The minimum absolute atomic E-state index is 0.00753. The number of aryl methyl sites for hydroxylation is 1. The van der Waals surface area contributed by atoms with Crippen LogP contribution in [-0.2, 0) is 0 Å². The first-order chi connectivity index (χ1) is 15.5. The summed E-state index contributed by atoms with van der Waals surface area (Å²) in [5.41, 5.74) is 7.61. The van der Waals surface area contributed by atoms with Crippen molar-refractivity contribution >= 4 is 23.2 Å². The van der Waals surface area contributed by atoms with Crippen LogP contribution >= 0.6 is 11.3 Å². The highest BCUT2D eigenvalue weighted by atomic mass is 32.1. The second-order valence-electron chi connectivity index (χ2n) is 7.41. The average molecular weight is 447 g/mol. The third-order valence-corrected chi connectivity index (χ3v) is 5.98. The zero-order valence-corrected chi connectivity index (χ0v) is 18.7. The predicted octanol–water partition coefficient (Wildman–Crippen LogP) is 3.90. The first-order valence-electron chi connectivity index (χ1n) is 10.1. The number of pyridine rings is 1. The van der Waals surface area contributed by atoms with Gasteiger partial charge >= 0.3 is 0 Å². The number of nitrogens with one attached hydrogen (secondary N) is 2. The molecule has 8 nitrogen and oxygen atoms in total. The maximum atomic E-state index is 12.9. The van der Waals surface area contributed by atoms with Crippen LogP contribution in [0, 0.1) is 6.92 Å². The summed E-state index contributed by atoms with van der Waals surface area (Å²) in [7, 11) is 0. The second kappa shape index (κ2) is 9.11. The smallest absolute Gasteiger partial charge is 0.267 e. The molecule has 0 radical (unpaired) electrons. The van der Waals surface area contributed by atoms with E-state index >= 15 is 0 Å². The first-order valence-corrected chi connectivity index (χ1v) is 10.9. The summed E-state index contributed by atoms with van der Waals surface area (Å²) in [6.45, 7) is 5.71. The van der Waals surface area contributed by atoms with Gasteiger partial charge in [0.1, 0.15) is 9.88 Å². The Kier molecular flexibility index (Phi) is 6.09. The molecule has 0 spiro atoms. The van der Waals surface area contributed by atoms with Crippen molar-refractivity contribution in [3.63, 3.8) is 0 Å². The van der Waals surface area contributed by atoms with E-state index in [2.05, 4.69) is 25.9 Å². The van der Waals surface area contributed by atoms with E-state index in [1.165, 1.54) is 17.5 Å². The van der Waals surface area contributed by atoms with Gasteiger partial charge in [0.15, 0.2) is 5.82 Å². The van der Waals surface area contributed by atoms with E-state index in [-0.39, 0.29) is 5.92 Å². The number of hydrazine groups is 1. The number of carbonyl (C=O) groups excluding carboxylic acids is 2. The fourth-order valence-electron chi connectivity index (χ4n) is 3.30. The van der Waals surface area contributed by atoms with Crippen LogP contribution < -0.4 is 10.9 Å². The van der Waals surface area contributed by atoms with Crippen LogP contribution in [0.1, 0.15) is 51.2 Å². The Hall–Kier alpha value is -3.85. The molecule has 3 aromatic heterocycles. The summed E-state index contributed by atoms with van der Waals surface area (Å²) in [5.74, 6) is -0.241. The molecule has 1 aromatic carbocycles. The number of hydrogen-bond donors (Lipinski definition) is 2. The highest BCUT2D eigenvalue weighted by Crippen LogP contribution is 2.27. The topological polar surface area (TPSA) is 102 Å². The Labute approximate surface area is 189 Å². The summed E-state index contributed by atoms with van der Waals surface area (Å²) in [5, 5.41) is 5.09. The van der Waals surface area contributed by atoms with E-state index in [1.807, 2.05) is 62.4 Å². The molecule has 0 saturated carbocycles. The third kappa shape index (κ3) is 4.28. The highest BCUT2D eigenvalue weighted by Gasteiger charge is 2.23. The maximum absolute atomic E-state index is 12.9. The van der Waals surface area contributed by atoms with Crippen LogP contribution in [0.2, 0.25) is 0 Å². The van der Waals surface area contributed by atoms with Gasteiger partial charge in [0.2, 0.25) is 0 Å². The lowest BCUT2D eigenvalue weighted by molar-refractivity contribution is 0.0847. The molecule has 0 aliphatic carbocycles. The van der Waals surface area contributed by atoms with Gasteiger partial charge in [-0.05, 0) is 25.0 Å². The zero-order valence-electron chi connectivity index (χ0n) is 17.9. The van der Waals surface area contributed by atoms with Crippen molar-refractivity contribution in [1.29, 1.82) is 0 Å². The van der Waals surface area contributed by atoms with Gasteiger partial charge in [0, 0.05) is 11.8 Å². The van der Waals surface area contributed by atoms with Crippen LogP contribution in [0.4, 0.5) is 0 Å². The van der Waals surface area contributed by atoms with Gasteiger partial charge in [-0.2, -0.15) is 5.10 Å². The number of nitrogens with zero attached hydrogens (tertiary/aromatic N) is 4. The number of amides is 2. The molecule has 2 N–H and O–H groups in total. The predicted molar refractivity (Wildman–Crippen MR) is 123 cm³/mol. The molecule has 4 rings (SSSR count). The molecular formula is C23H22N6O2S. The van der Waals surface area contributed by atoms with Crippen molar-refractivity contribution in [3.8, 4) is 16.4 Å². The average Bonchev–Trinajstić information content (AvgIpc) is 3.43. The van der Waals surface area contributed by atoms with E-state index in [0.29, 0.717) is 27.6 Å². The molecular weight excluding hydrogens is 424 g/mol. The number of thiazole rings is 1. The fraction of sp³-hybridized carbons (Fsp3) is 0.174. The monoisotopic (exact) mass is 446 g/mol. The van der Waals surface area contributed by atoms with Crippen LogP contribution in [-0.4, -0.2) is 31.6 Å². The summed E-state index contributed by atoms with van der Waals surface area (Å²) in [4.78, 5) is 34.8. The van der Waals surface area contributed by atoms with Crippen molar-refractivity contribution in [3.05, 3.63) is 82.8 Å². The fourth-order valence-corrected chi connectivity index (χ4v) is 4.27. The van der Waals surface area contributed by atoms with Gasteiger partial charge in [-0.1, -0.05) is 50.2 Å². The van der Waals surface area contributed by atoms with Gasteiger partial charge < -0.3 is 0 Å². The van der Waals surface area contributed by atoms with Gasteiger partial charge in [-0.25, -0.2) is 14.6 Å². The second-order valence-corrected chi connectivity index (χ2v) is 8.40. The molecule has 3 heterocycles. The Balaban J connectivity index is 1.51. The molecule has 0 aliphatic rings. The number of aromatic nitrogens is 4.